The predicted octanol–water partition coefficient (Wildman–Crippen LogP) is 1.74. The van der Waals surface area contributed by atoms with E-state index < -0.39 is 0 Å². The van der Waals surface area contributed by atoms with Crippen molar-refractivity contribution in [1.29, 1.82) is 0 Å². The molecule has 21 heavy (non-hydrogen) atoms. The van der Waals surface area contributed by atoms with Crippen molar-refractivity contribution in [2.75, 3.05) is 34.2 Å². The summed E-state index contributed by atoms with van der Waals surface area (Å²) in [6.45, 7) is 1.43. The summed E-state index contributed by atoms with van der Waals surface area (Å²) >= 11 is 0. The van der Waals surface area contributed by atoms with Crippen LogP contribution in [-0.2, 0) is 6.42 Å². The molecule has 0 aliphatic heterocycles. The summed E-state index contributed by atoms with van der Waals surface area (Å²) < 4.78 is 0. The van der Waals surface area contributed by atoms with Gasteiger partial charge in [-0.15, -0.1) is 0 Å². The highest BCUT2D eigenvalue weighted by molar-refractivity contribution is 5.94. The van der Waals surface area contributed by atoms with Crippen LogP contribution in [0.1, 0.15) is 35.2 Å². The Morgan fingerprint density at radius 1 is 1.19 bits per heavy atom. The standard InChI is InChI=1S/C17H27N3O/c1-19(2)17(10-4-11-17)13-20(3)16(21)15-7-5-14(6-8-15)9-12-18/h5-8H,4,9-13,18H2,1-3H3. The minimum Gasteiger partial charge on any atom is -0.340 e. The van der Waals surface area contributed by atoms with Crippen molar-refractivity contribution in [2.24, 2.45) is 5.73 Å². The second kappa shape index (κ2) is 6.58. The van der Waals surface area contributed by atoms with Crippen LogP contribution < -0.4 is 5.73 Å². The van der Waals surface area contributed by atoms with E-state index in [-0.39, 0.29) is 11.4 Å². The molecule has 1 aliphatic rings. The fourth-order valence-corrected chi connectivity index (χ4v) is 3.05. The van der Waals surface area contributed by atoms with E-state index in [9.17, 15) is 4.79 Å². The number of benzene rings is 1. The Kier molecular flexibility index (Phi) is 5.01. The Balaban J connectivity index is 2.01. The summed E-state index contributed by atoms with van der Waals surface area (Å²) in [6.07, 6.45) is 4.46. The first-order chi connectivity index (χ1) is 9.98. The van der Waals surface area contributed by atoms with Gasteiger partial charge in [-0.25, -0.2) is 0 Å². The van der Waals surface area contributed by atoms with Gasteiger partial charge >= 0.3 is 0 Å². The molecule has 0 atom stereocenters. The number of likely N-dealkylation sites (N-methyl/N-ethyl adjacent to an activating group) is 2. The monoisotopic (exact) mass is 289 g/mol. The lowest BCUT2D eigenvalue weighted by atomic mass is 9.75. The quantitative estimate of drug-likeness (QED) is 0.868. The van der Waals surface area contributed by atoms with Crippen molar-refractivity contribution in [1.82, 2.24) is 9.80 Å². The molecule has 0 radical (unpaired) electrons. The molecule has 0 unspecified atom stereocenters. The maximum atomic E-state index is 12.5. The topological polar surface area (TPSA) is 49.6 Å². The van der Waals surface area contributed by atoms with E-state index in [1.807, 2.05) is 36.2 Å². The number of nitrogens with zero attached hydrogens (tertiary/aromatic N) is 2. The first-order valence-corrected chi connectivity index (χ1v) is 7.70. The van der Waals surface area contributed by atoms with E-state index in [2.05, 4.69) is 19.0 Å². The minimum absolute atomic E-state index is 0.0995. The average molecular weight is 289 g/mol. The third-order valence-electron chi connectivity index (χ3n) is 4.75. The molecule has 1 aromatic rings. The van der Waals surface area contributed by atoms with Crippen LogP contribution in [-0.4, -0.2) is 55.5 Å². The Hall–Kier alpha value is -1.39. The first kappa shape index (κ1) is 16.0. The zero-order valence-electron chi connectivity index (χ0n) is 13.4. The molecular formula is C17H27N3O. The van der Waals surface area contributed by atoms with Crippen LogP contribution in [0.15, 0.2) is 24.3 Å². The van der Waals surface area contributed by atoms with Crippen LogP contribution in [0, 0.1) is 0 Å². The number of hydrogen-bond acceptors (Lipinski definition) is 3. The molecule has 0 bridgehead atoms. The zero-order chi connectivity index (χ0) is 15.5. The largest absolute Gasteiger partial charge is 0.340 e. The molecule has 4 nitrogen and oxygen atoms in total. The fraction of sp³-hybridized carbons (Fsp3) is 0.588. The number of hydrogen-bond donors (Lipinski definition) is 1. The van der Waals surface area contributed by atoms with Gasteiger partial charge in [-0.1, -0.05) is 12.1 Å². The maximum Gasteiger partial charge on any atom is 0.253 e. The molecule has 4 heteroatoms. The van der Waals surface area contributed by atoms with Gasteiger partial charge in [-0.05, 0) is 64.0 Å². The summed E-state index contributed by atoms with van der Waals surface area (Å²) in [5, 5.41) is 0. The predicted molar refractivity (Wildman–Crippen MR) is 86.4 cm³/mol. The lowest BCUT2D eigenvalue weighted by Crippen LogP contribution is -2.57. The molecule has 0 spiro atoms. The van der Waals surface area contributed by atoms with Gasteiger partial charge in [0.15, 0.2) is 0 Å². The smallest absolute Gasteiger partial charge is 0.253 e. The van der Waals surface area contributed by atoms with E-state index in [0.717, 1.165) is 18.5 Å². The molecule has 0 saturated heterocycles. The van der Waals surface area contributed by atoms with Crippen LogP contribution in [0.2, 0.25) is 0 Å². The maximum absolute atomic E-state index is 12.5. The molecule has 2 N–H and O–H groups in total. The van der Waals surface area contributed by atoms with Crippen molar-refractivity contribution < 1.29 is 4.79 Å². The molecule has 1 aromatic carbocycles. The highest BCUT2D eigenvalue weighted by Gasteiger charge is 2.40. The molecule has 2 rings (SSSR count). The third kappa shape index (κ3) is 3.44. The van der Waals surface area contributed by atoms with Crippen molar-refractivity contribution in [3.05, 3.63) is 35.4 Å². The van der Waals surface area contributed by atoms with Gasteiger partial charge in [0.2, 0.25) is 0 Å². The van der Waals surface area contributed by atoms with Crippen molar-refractivity contribution in [3.63, 3.8) is 0 Å². The summed E-state index contributed by atoms with van der Waals surface area (Å²) in [7, 11) is 6.12. The molecule has 0 heterocycles. The van der Waals surface area contributed by atoms with Crippen molar-refractivity contribution >= 4 is 5.91 Å². The summed E-state index contributed by atoms with van der Waals surface area (Å²) in [5.74, 6) is 0.0995. The first-order valence-electron chi connectivity index (χ1n) is 7.70. The van der Waals surface area contributed by atoms with Crippen molar-refractivity contribution in [2.45, 2.75) is 31.2 Å². The summed E-state index contributed by atoms with van der Waals surface area (Å²) in [4.78, 5) is 16.7. The Bertz CT molecular complexity index is 477. The lowest BCUT2D eigenvalue weighted by Gasteiger charge is -2.49. The highest BCUT2D eigenvalue weighted by atomic mass is 16.2. The number of amides is 1. The Labute approximate surface area is 127 Å². The average Bonchev–Trinajstić information content (AvgIpc) is 2.42. The zero-order valence-corrected chi connectivity index (χ0v) is 13.4. The molecule has 1 aliphatic carbocycles. The van der Waals surface area contributed by atoms with E-state index in [0.29, 0.717) is 6.54 Å². The lowest BCUT2D eigenvalue weighted by molar-refractivity contribution is 0.0252. The Morgan fingerprint density at radius 3 is 2.24 bits per heavy atom. The number of nitrogens with two attached hydrogens (primary N) is 1. The van der Waals surface area contributed by atoms with Gasteiger partial charge in [-0.3, -0.25) is 4.79 Å². The third-order valence-corrected chi connectivity index (χ3v) is 4.75. The van der Waals surface area contributed by atoms with E-state index in [4.69, 9.17) is 5.73 Å². The van der Waals surface area contributed by atoms with Gasteiger partial charge in [0, 0.05) is 24.7 Å². The fourth-order valence-electron chi connectivity index (χ4n) is 3.05. The minimum atomic E-state index is 0.0995. The Morgan fingerprint density at radius 2 is 1.81 bits per heavy atom. The molecule has 0 aromatic heterocycles. The number of carbonyl (C=O) groups is 1. The van der Waals surface area contributed by atoms with Gasteiger partial charge in [-0.2, -0.15) is 0 Å². The van der Waals surface area contributed by atoms with Crippen LogP contribution in [0.4, 0.5) is 0 Å². The second-order valence-corrected chi connectivity index (χ2v) is 6.37. The summed E-state index contributed by atoms with van der Waals surface area (Å²) in [5.41, 5.74) is 7.65. The number of rotatable bonds is 6. The molecule has 1 fully saturated rings. The molecule has 1 amide bonds. The second-order valence-electron chi connectivity index (χ2n) is 6.37. The van der Waals surface area contributed by atoms with E-state index in [1.54, 1.807) is 0 Å². The van der Waals surface area contributed by atoms with Gasteiger partial charge in [0.05, 0.1) is 0 Å². The van der Waals surface area contributed by atoms with E-state index in [1.165, 1.54) is 24.8 Å². The van der Waals surface area contributed by atoms with Gasteiger partial charge in [0.1, 0.15) is 0 Å². The molecule has 116 valence electrons. The van der Waals surface area contributed by atoms with E-state index >= 15 is 0 Å². The summed E-state index contributed by atoms with van der Waals surface area (Å²) in [6, 6.07) is 7.82. The molecular weight excluding hydrogens is 262 g/mol. The number of carbonyl (C=O) groups excluding carboxylic acids is 1. The van der Waals surface area contributed by atoms with Crippen molar-refractivity contribution in [3.8, 4) is 0 Å². The van der Waals surface area contributed by atoms with Gasteiger partial charge < -0.3 is 15.5 Å². The highest BCUT2D eigenvalue weighted by Crippen LogP contribution is 2.36. The van der Waals surface area contributed by atoms with Crippen LogP contribution in [0.3, 0.4) is 0 Å². The SMILES string of the molecule is CN(CC1(N(C)C)CCC1)C(=O)c1ccc(CCN)cc1. The van der Waals surface area contributed by atoms with Gasteiger partial charge in [0.25, 0.3) is 5.91 Å². The van der Waals surface area contributed by atoms with Crippen LogP contribution in [0.25, 0.3) is 0 Å². The van der Waals surface area contributed by atoms with Crippen LogP contribution in [0.5, 0.6) is 0 Å². The molecule has 1 saturated carbocycles. The normalized spacial score (nSPS) is 16.6. The van der Waals surface area contributed by atoms with Crippen LogP contribution >= 0.6 is 0 Å².